The van der Waals surface area contributed by atoms with Crippen molar-refractivity contribution in [2.75, 3.05) is 0 Å². The number of carboxylic acid groups (broad SMARTS) is 1. The zero-order chi connectivity index (χ0) is 10.8. The summed E-state index contributed by atoms with van der Waals surface area (Å²) in [6, 6.07) is 0. The maximum absolute atomic E-state index is 10.8. The molecule has 0 aliphatic heterocycles. The Morgan fingerprint density at radius 1 is 1.50 bits per heavy atom. The average molecular weight is 196 g/mol. The second-order valence-electron chi connectivity index (χ2n) is 4.73. The molecule has 2 heteroatoms. The van der Waals surface area contributed by atoms with Crippen molar-refractivity contribution >= 4 is 5.97 Å². The van der Waals surface area contributed by atoms with Crippen molar-refractivity contribution in [1.29, 1.82) is 0 Å². The molecule has 0 radical (unpaired) electrons. The Bertz CT molecular complexity index is 241. The van der Waals surface area contributed by atoms with Gasteiger partial charge in [0.05, 0.1) is 5.92 Å². The maximum atomic E-state index is 10.8. The van der Waals surface area contributed by atoms with Crippen LogP contribution in [0, 0.1) is 17.3 Å². The Balaban J connectivity index is 2.41. The van der Waals surface area contributed by atoms with Crippen molar-refractivity contribution in [3.63, 3.8) is 0 Å². The molecule has 0 aromatic rings. The predicted molar refractivity (Wildman–Crippen MR) is 57.1 cm³/mol. The molecule has 0 spiro atoms. The Hall–Kier alpha value is -0.790. The summed E-state index contributed by atoms with van der Waals surface area (Å²) in [5, 5.41) is 8.93. The number of hydrogen-bond donors (Lipinski definition) is 1. The quantitative estimate of drug-likeness (QED) is 0.542. The summed E-state index contributed by atoms with van der Waals surface area (Å²) in [6.45, 7) is 6.22. The molecule has 0 saturated heterocycles. The number of unbranched alkanes of at least 4 members (excludes halogenated alkanes) is 2. The molecule has 1 aliphatic carbocycles. The van der Waals surface area contributed by atoms with Crippen LogP contribution in [0.5, 0.6) is 0 Å². The third kappa shape index (κ3) is 2.17. The van der Waals surface area contributed by atoms with Gasteiger partial charge >= 0.3 is 5.97 Å². The van der Waals surface area contributed by atoms with Crippen molar-refractivity contribution in [3.05, 3.63) is 12.2 Å². The minimum Gasteiger partial charge on any atom is -0.481 e. The molecule has 0 aromatic carbocycles. The summed E-state index contributed by atoms with van der Waals surface area (Å²) in [7, 11) is 0. The smallest absolute Gasteiger partial charge is 0.307 e. The molecule has 1 fully saturated rings. The van der Waals surface area contributed by atoms with Crippen LogP contribution in [-0.2, 0) is 4.79 Å². The van der Waals surface area contributed by atoms with E-state index >= 15 is 0 Å². The molecule has 0 heterocycles. The van der Waals surface area contributed by atoms with Crippen LogP contribution >= 0.6 is 0 Å². The molecule has 14 heavy (non-hydrogen) atoms. The molecule has 2 nitrogen and oxygen atoms in total. The van der Waals surface area contributed by atoms with Gasteiger partial charge in [-0.25, -0.2) is 0 Å². The van der Waals surface area contributed by atoms with Gasteiger partial charge < -0.3 is 5.11 Å². The van der Waals surface area contributed by atoms with E-state index in [0.717, 1.165) is 6.42 Å². The third-order valence-electron chi connectivity index (χ3n) is 3.24. The summed E-state index contributed by atoms with van der Waals surface area (Å²) < 4.78 is 0. The summed E-state index contributed by atoms with van der Waals surface area (Å²) >= 11 is 0. The van der Waals surface area contributed by atoms with Gasteiger partial charge in [0.1, 0.15) is 0 Å². The Morgan fingerprint density at radius 3 is 2.57 bits per heavy atom. The summed E-state index contributed by atoms with van der Waals surface area (Å²) in [5.41, 5.74) is -0.0332. The van der Waals surface area contributed by atoms with E-state index in [2.05, 4.69) is 19.1 Å². The van der Waals surface area contributed by atoms with E-state index in [1.54, 1.807) is 0 Å². The van der Waals surface area contributed by atoms with E-state index in [1.807, 2.05) is 13.8 Å². The molecule has 1 rings (SSSR count). The van der Waals surface area contributed by atoms with E-state index < -0.39 is 5.97 Å². The first-order valence-electron chi connectivity index (χ1n) is 5.41. The van der Waals surface area contributed by atoms with Gasteiger partial charge in [0.25, 0.3) is 0 Å². The van der Waals surface area contributed by atoms with Crippen LogP contribution in [0.3, 0.4) is 0 Å². The second-order valence-corrected chi connectivity index (χ2v) is 4.73. The Labute approximate surface area is 86.0 Å². The molecule has 0 unspecified atom stereocenters. The van der Waals surface area contributed by atoms with Crippen LogP contribution in [0.15, 0.2) is 12.2 Å². The first kappa shape index (κ1) is 11.3. The second kappa shape index (κ2) is 4.16. The van der Waals surface area contributed by atoms with Gasteiger partial charge in [-0.3, -0.25) is 4.79 Å². The van der Waals surface area contributed by atoms with E-state index in [1.165, 1.54) is 12.8 Å². The minimum absolute atomic E-state index is 0.0332. The lowest BCUT2D eigenvalue weighted by molar-refractivity contribution is -0.139. The molecule has 80 valence electrons. The largest absolute Gasteiger partial charge is 0.481 e. The number of carbonyl (C=O) groups is 1. The van der Waals surface area contributed by atoms with Crippen molar-refractivity contribution in [2.45, 2.75) is 40.0 Å². The lowest BCUT2D eigenvalue weighted by Crippen LogP contribution is -2.02. The van der Waals surface area contributed by atoms with Gasteiger partial charge in [0, 0.05) is 0 Å². The lowest BCUT2D eigenvalue weighted by atomic mass is 10.1. The fourth-order valence-electron chi connectivity index (χ4n) is 2.07. The number of hydrogen-bond acceptors (Lipinski definition) is 1. The average Bonchev–Trinajstić information content (AvgIpc) is 2.62. The normalized spacial score (nSPS) is 29.4. The third-order valence-corrected chi connectivity index (χ3v) is 3.24. The highest BCUT2D eigenvalue weighted by Gasteiger charge is 2.60. The van der Waals surface area contributed by atoms with Crippen LogP contribution in [0.2, 0.25) is 0 Å². The van der Waals surface area contributed by atoms with E-state index in [4.69, 9.17) is 5.11 Å². The predicted octanol–water partition coefficient (Wildman–Crippen LogP) is 3.09. The van der Waals surface area contributed by atoms with Crippen molar-refractivity contribution in [1.82, 2.24) is 0 Å². The number of aliphatic carboxylic acids is 1. The Morgan fingerprint density at radius 2 is 2.14 bits per heavy atom. The lowest BCUT2D eigenvalue weighted by Gasteiger charge is -1.96. The fraction of sp³-hybridized carbons (Fsp3) is 0.750. The fourth-order valence-corrected chi connectivity index (χ4v) is 2.07. The zero-order valence-corrected chi connectivity index (χ0v) is 9.29. The Kier molecular flexibility index (Phi) is 3.35. The monoisotopic (exact) mass is 196 g/mol. The molecule has 1 saturated carbocycles. The van der Waals surface area contributed by atoms with Crippen molar-refractivity contribution in [2.24, 2.45) is 17.3 Å². The summed E-state index contributed by atoms with van der Waals surface area (Å²) in [5.74, 6) is -0.572. The van der Waals surface area contributed by atoms with Gasteiger partial charge in [-0.1, -0.05) is 45.8 Å². The van der Waals surface area contributed by atoms with Crippen LogP contribution in [0.25, 0.3) is 0 Å². The first-order valence-corrected chi connectivity index (χ1v) is 5.41. The van der Waals surface area contributed by atoms with Gasteiger partial charge in [-0.05, 0) is 17.8 Å². The van der Waals surface area contributed by atoms with Gasteiger partial charge in [-0.15, -0.1) is 0 Å². The first-order chi connectivity index (χ1) is 6.51. The molecule has 0 amide bonds. The van der Waals surface area contributed by atoms with E-state index in [-0.39, 0.29) is 17.3 Å². The highest BCUT2D eigenvalue weighted by molar-refractivity contribution is 5.76. The molecular weight excluding hydrogens is 176 g/mol. The number of carboxylic acids is 1. The molecular formula is C12H20O2. The molecule has 1 N–H and O–H groups in total. The van der Waals surface area contributed by atoms with Gasteiger partial charge in [0.2, 0.25) is 0 Å². The van der Waals surface area contributed by atoms with Gasteiger partial charge in [-0.2, -0.15) is 0 Å². The molecule has 2 atom stereocenters. The van der Waals surface area contributed by atoms with Crippen molar-refractivity contribution < 1.29 is 9.90 Å². The van der Waals surface area contributed by atoms with E-state index in [9.17, 15) is 4.79 Å². The van der Waals surface area contributed by atoms with Crippen LogP contribution < -0.4 is 0 Å². The number of allylic oxidation sites excluding steroid dienone is 2. The van der Waals surface area contributed by atoms with E-state index in [0.29, 0.717) is 0 Å². The topological polar surface area (TPSA) is 37.3 Å². The molecule has 1 aliphatic rings. The highest BCUT2D eigenvalue weighted by Crippen LogP contribution is 2.59. The molecule has 0 bridgehead atoms. The minimum atomic E-state index is -0.653. The van der Waals surface area contributed by atoms with Crippen LogP contribution in [0.4, 0.5) is 0 Å². The van der Waals surface area contributed by atoms with Crippen molar-refractivity contribution in [3.8, 4) is 0 Å². The van der Waals surface area contributed by atoms with Crippen LogP contribution in [-0.4, -0.2) is 11.1 Å². The molecule has 0 aromatic heterocycles. The van der Waals surface area contributed by atoms with Crippen LogP contribution in [0.1, 0.15) is 40.0 Å². The SMILES string of the molecule is CCCC/C=C\[C@H]1[C@@H](C(=O)O)C1(C)C. The highest BCUT2D eigenvalue weighted by atomic mass is 16.4. The van der Waals surface area contributed by atoms with Gasteiger partial charge in [0.15, 0.2) is 0 Å². The summed E-state index contributed by atoms with van der Waals surface area (Å²) in [4.78, 5) is 10.8. The maximum Gasteiger partial charge on any atom is 0.307 e. The standard InChI is InChI=1S/C12H20O2/c1-4-5-6-7-8-9-10(11(13)14)12(9,2)3/h7-10H,4-6H2,1-3H3,(H,13,14)/b8-7-/t9-,10-/m0/s1. The zero-order valence-electron chi connectivity index (χ0n) is 9.29. The summed E-state index contributed by atoms with van der Waals surface area (Å²) in [6.07, 6.45) is 7.70. The number of rotatable bonds is 5.